The van der Waals surface area contributed by atoms with E-state index in [1.165, 1.54) is 29.1 Å². The molecular formula is C34H32N2O8S. The molecule has 0 saturated heterocycles. The monoisotopic (exact) mass is 628 g/mol. The number of carboxylic acids is 1. The largest absolute Gasteiger partial charge is 0.497 e. The van der Waals surface area contributed by atoms with E-state index in [9.17, 15) is 19.5 Å². The molecule has 0 bridgehead atoms. The van der Waals surface area contributed by atoms with Crippen molar-refractivity contribution in [1.82, 2.24) is 4.57 Å². The minimum atomic E-state index is -1.01. The minimum Gasteiger partial charge on any atom is -0.497 e. The van der Waals surface area contributed by atoms with Crippen molar-refractivity contribution in [2.75, 3.05) is 14.2 Å². The van der Waals surface area contributed by atoms with Crippen LogP contribution in [-0.2, 0) is 16.1 Å². The molecule has 1 aliphatic heterocycles. The van der Waals surface area contributed by atoms with Gasteiger partial charge in [-0.05, 0) is 79.9 Å². The normalized spacial score (nSPS) is 14.5. The van der Waals surface area contributed by atoms with E-state index in [0.717, 1.165) is 0 Å². The summed E-state index contributed by atoms with van der Waals surface area (Å²) in [5, 5.41) is 9.25. The van der Waals surface area contributed by atoms with Crippen LogP contribution in [0.4, 0.5) is 0 Å². The zero-order chi connectivity index (χ0) is 32.2. The molecule has 5 rings (SSSR count). The highest BCUT2D eigenvalue weighted by molar-refractivity contribution is 7.07. The number of carboxylic acid groups (broad SMARTS) is 1. The zero-order valence-corrected chi connectivity index (χ0v) is 26.2. The molecule has 4 aromatic rings. The smallest absolute Gasteiger partial charge is 0.338 e. The molecule has 0 spiro atoms. The minimum absolute atomic E-state index is 0.141. The second-order valence-corrected chi connectivity index (χ2v) is 11.5. The number of thiazole rings is 1. The fourth-order valence-corrected chi connectivity index (χ4v) is 6.01. The predicted molar refractivity (Wildman–Crippen MR) is 169 cm³/mol. The highest BCUT2D eigenvalue weighted by Crippen LogP contribution is 2.32. The summed E-state index contributed by atoms with van der Waals surface area (Å²) in [6, 6.07) is 18.2. The number of allylic oxidation sites excluding steroid dienone is 1. The van der Waals surface area contributed by atoms with Gasteiger partial charge in [0, 0.05) is 0 Å². The molecule has 1 aliphatic rings. The van der Waals surface area contributed by atoms with Crippen molar-refractivity contribution in [2.24, 2.45) is 4.99 Å². The van der Waals surface area contributed by atoms with Crippen LogP contribution >= 0.6 is 11.3 Å². The van der Waals surface area contributed by atoms with E-state index in [0.29, 0.717) is 54.5 Å². The molecule has 11 heteroatoms. The maximum atomic E-state index is 14.0. The van der Waals surface area contributed by atoms with Gasteiger partial charge >= 0.3 is 11.9 Å². The number of aromatic nitrogens is 1. The molecule has 0 radical (unpaired) electrons. The van der Waals surface area contributed by atoms with Crippen molar-refractivity contribution in [3.05, 3.63) is 120 Å². The van der Waals surface area contributed by atoms with Crippen molar-refractivity contribution in [2.45, 2.75) is 39.5 Å². The predicted octanol–water partition coefficient (Wildman–Crippen LogP) is 4.48. The molecule has 0 aliphatic carbocycles. The lowest BCUT2D eigenvalue weighted by atomic mass is 9.96. The molecule has 1 atom stereocenters. The molecule has 45 heavy (non-hydrogen) atoms. The van der Waals surface area contributed by atoms with Gasteiger partial charge in [-0.25, -0.2) is 14.6 Å². The lowest BCUT2D eigenvalue weighted by Gasteiger charge is -2.25. The van der Waals surface area contributed by atoms with Crippen molar-refractivity contribution >= 4 is 29.4 Å². The fourth-order valence-electron chi connectivity index (χ4n) is 4.96. The molecule has 10 nitrogen and oxygen atoms in total. The lowest BCUT2D eigenvalue weighted by molar-refractivity contribution is -0.143. The molecule has 0 saturated carbocycles. The van der Waals surface area contributed by atoms with E-state index >= 15 is 0 Å². The summed E-state index contributed by atoms with van der Waals surface area (Å²) >= 11 is 1.22. The molecule has 0 fully saturated rings. The maximum absolute atomic E-state index is 14.0. The average molecular weight is 629 g/mol. The van der Waals surface area contributed by atoms with Gasteiger partial charge in [0.05, 0.1) is 47.7 Å². The Labute approximate surface area is 263 Å². The summed E-state index contributed by atoms with van der Waals surface area (Å²) in [5.74, 6) is 0.00259. The second-order valence-electron chi connectivity index (χ2n) is 10.5. The number of ether oxygens (including phenoxy) is 4. The van der Waals surface area contributed by atoms with Gasteiger partial charge in [-0.15, -0.1) is 0 Å². The van der Waals surface area contributed by atoms with Crippen molar-refractivity contribution in [3.8, 4) is 17.2 Å². The first-order valence-electron chi connectivity index (χ1n) is 14.1. The number of methoxy groups -OCH3 is 2. The number of nitrogens with zero attached hydrogens (tertiary/aromatic N) is 2. The molecule has 3 aromatic carbocycles. The quantitative estimate of drug-likeness (QED) is 0.255. The van der Waals surface area contributed by atoms with Crippen LogP contribution in [-0.4, -0.2) is 41.9 Å². The van der Waals surface area contributed by atoms with Gasteiger partial charge in [-0.2, -0.15) is 0 Å². The Morgan fingerprint density at radius 2 is 1.78 bits per heavy atom. The van der Waals surface area contributed by atoms with Crippen LogP contribution in [0.15, 0.2) is 87.8 Å². The number of fused-ring (bicyclic) bond motifs is 1. The van der Waals surface area contributed by atoms with E-state index in [1.54, 1.807) is 82.5 Å². The first kappa shape index (κ1) is 31.3. The van der Waals surface area contributed by atoms with Crippen LogP contribution in [0.5, 0.6) is 17.2 Å². The van der Waals surface area contributed by atoms with Gasteiger partial charge in [-0.3, -0.25) is 9.36 Å². The van der Waals surface area contributed by atoms with Gasteiger partial charge in [0.15, 0.2) is 16.3 Å². The number of carbonyl (C=O) groups is 2. The summed E-state index contributed by atoms with van der Waals surface area (Å²) in [6.07, 6.45) is 1.39. The summed E-state index contributed by atoms with van der Waals surface area (Å²) in [6.45, 7) is 5.42. The number of carbonyl (C=O) groups excluding carboxylic acids is 1. The third kappa shape index (κ3) is 6.68. The van der Waals surface area contributed by atoms with Crippen LogP contribution < -0.4 is 29.1 Å². The van der Waals surface area contributed by atoms with Crippen molar-refractivity contribution in [3.63, 3.8) is 0 Å². The zero-order valence-electron chi connectivity index (χ0n) is 25.4. The summed E-state index contributed by atoms with van der Waals surface area (Å²) in [5.41, 5.74) is 2.74. The van der Waals surface area contributed by atoms with E-state index in [2.05, 4.69) is 4.99 Å². The summed E-state index contributed by atoms with van der Waals surface area (Å²) in [4.78, 5) is 43.7. The third-order valence-corrected chi connectivity index (χ3v) is 8.05. The first-order chi connectivity index (χ1) is 21.6. The molecule has 2 heterocycles. The number of aromatic carboxylic acids is 1. The standard InChI is InChI=1S/C34H32N2O8S/c1-19(2)44-33(40)29-20(3)35-34-36(30(29)23-10-12-25(41-4)13-11-23)31(37)28(45-34)17-21-9-14-26(27(16-21)42-5)43-18-22-7-6-8-24(15-22)32(38)39/h6-17,19,30H,18H2,1-5H3,(H,38,39)/b28-17-/t30-/m0/s1. The van der Waals surface area contributed by atoms with Crippen molar-refractivity contribution in [1.29, 1.82) is 0 Å². The van der Waals surface area contributed by atoms with E-state index in [4.69, 9.17) is 18.9 Å². The Kier molecular flexibility index (Phi) is 9.19. The summed E-state index contributed by atoms with van der Waals surface area (Å²) < 4.78 is 24.3. The number of hydrogen-bond donors (Lipinski definition) is 1. The molecule has 0 amide bonds. The lowest BCUT2D eigenvalue weighted by Crippen LogP contribution is -2.40. The van der Waals surface area contributed by atoms with Gasteiger partial charge in [0.2, 0.25) is 0 Å². The maximum Gasteiger partial charge on any atom is 0.338 e. The Bertz CT molecular complexity index is 1970. The van der Waals surface area contributed by atoms with Crippen LogP contribution in [0, 0.1) is 0 Å². The Hall–Kier alpha value is -5.16. The average Bonchev–Trinajstić information content (AvgIpc) is 3.32. The Morgan fingerprint density at radius 1 is 1.02 bits per heavy atom. The van der Waals surface area contributed by atoms with E-state index in [1.807, 2.05) is 12.1 Å². The Morgan fingerprint density at radius 3 is 2.44 bits per heavy atom. The SMILES string of the molecule is COc1ccc([C@H]2C(C(=O)OC(C)C)=C(C)N=c3s/c(=C\c4ccc(OCc5cccc(C(=O)O)c5)c(OC)c4)c(=O)n32)cc1. The highest BCUT2D eigenvalue weighted by Gasteiger charge is 2.33. The van der Waals surface area contributed by atoms with Gasteiger partial charge in [0.1, 0.15) is 12.4 Å². The molecule has 1 aromatic heterocycles. The molecule has 0 unspecified atom stereocenters. The van der Waals surface area contributed by atoms with Crippen LogP contribution in [0.2, 0.25) is 0 Å². The van der Waals surface area contributed by atoms with Gasteiger partial charge in [-0.1, -0.05) is 41.7 Å². The van der Waals surface area contributed by atoms with Crippen LogP contribution in [0.1, 0.15) is 53.9 Å². The van der Waals surface area contributed by atoms with E-state index < -0.39 is 18.0 Å². The van der Waals surface area contributed by atoms with Crippen LogP contribution in [0.3, 0.4) is 0 Å². The Balaban J connectivity index is 1.52. The highest BCUT2D eigenvalue weighted by atomic mass is 32.1. The van der Waals surface area contributed by atoms with E-state index in [-0.39, 0.29) is 23.8 Å². The number of esters is 1. The first-order valence-corrected chi connectivity index (χ1v) is 14.9. The fraction of sp³-hybridized carbons (Fsp3) is 0.235. The molecule has 1 N–H and O–H groups in total. The summed E-state index contributed by atoms with van der Waals surface area (Å²) in [7, 11) is 3.08. The third-order valence-electron chi connectivity index (χ3n) is 7.07. The van der Waals surface area contributed by atoms with Crippen LogP contribution in [0.25, 0.3) is 6.08 Å². The second kappa shape index (κ2) is 13.2. The topological polar surface area (TPSA) is 126 Å². The molecular weight excluding hydrogens is 596 g/mol. The van der Waals surface area contributed by atoms with Gasteiger partial charge < -0.3 is 24.1 Å². The number of rotatable bonds is 10. The molecule has 232 valence electrons. The van der Waals surface area contributed by atoms with Crippen molar-refractivity contribution < 1.29 is 33.6 Å². The van der Waals surface area contributed by atoms with Gasteiger partial charge in [0.25, 0.3) is 5.56 Å². The number of benzene rings is 3. The number of hydrogen-bond acceptors (Lipinski definition) is 9.